The van der Waals surface area contributed by atoms with Gasteiger partial charge >= 0.3 is 0 Å². The molecule has 5 heteroatoms. The van der Waals surface area contributed by atoms with Gasteiger partial charge in [-0.2, -0.15) is 0 Å². The fourth-order valence-electron chi connectivity index (χ4n) is 2.27. The van der Waals surface area contributed by atoms with Gasteiger partial charge in [-0.15, -0.1) is 0 Å². The number of rotatable bonds is 1. The molecule has 0 N–H and O–H groups in total. The number of likely N-dealkylation sites (N-methyl/N-ethyl adjacent to an activating group) is 1. The molecule has 1 aliphatic heterocycles. The van der Waals surface area contributed by atoms with Crippen LogP contribution in [0.4, 0.5) is 0 Å². The molecule has 0 saturated carbocycles. The monoisotopic (exact) mass is 235 g/mol. The van der Waals surface area contributed by atoms with Crippen LogP contribution in [0.25, 0.3) is 4.96 Å². The summed E-state index contributed by atoms with van der Waals surface area (Å²) >= 11 is 1.71. The lowest BCUT2D eigenvalue weighted by Crippen LogP contribution is -2.26. The summed E-state index contributed by atoms with van der Waals surface area (Å²) in [5, 5.41) is 0. The average Bonchev–Trinajstić information content (AvgIpc) is 2.71. The number of imidazole rings is 1. The molecule has 0 bridgehead atoms. The highest BCUT2D eigenvalue weighted by atomic mass is 32.1. The minimum Gasteiger partial charge on any atom is -0.301 e. The molecule has 3 heterocycles. The third-order valence-corrected chi connectivity index (χ3v) is 4.20. The number of fused-ring (bicyclic) bond motifs is 3. The largest absolute Gasteiger partial charge is 0.301 e. The highest BCUT2D eigenvalue weighted by Crippen LogP contribution is 2.29. The van der Waals surface area contributed by atoms with Crippen LogP contribution in [-0.4, -0.2) is 34.2 Å². The first-order chi connectivity index (χ1) is 7.70. The van der Waals surface area contributed by atoms with E-state index in [4.69, 9.17) is 0 Å². The zero-order chi connectivity index (χ0) is 11.3. The zero-order valence-corrected chi connectivity index (χ0v) is 10.2. The third-order valence-electron chi connectivity index (χ3n) is 3.13. The van der Waals surface area contributed by atoms with E-state index in [0.29, 0.717) is 0 Å². The van der Waals surface area contributed by atoms with Gasteiger partial charge in [0, 0.05) is 30.1 Å². The number of aryl methyl sites for hydroxylation is 1. The van der Waals surface area contributed by atoms with Crippen LogP contribution in [0, 0.1) is 6.92 Å². The van der Waals surface area contributed by atoms with Crippen molar-refractivity contribution in [3.05, 3.63) is 22.0 Å². The molecule has 0 amide bonds. The van der Waals surface area contributed by atoms with Crippen LogP contribution in [0.2, 0.25) is 0 Å². The van der Waals surface area contributed by atoms with Crippen molar-refractivity contribution in [3.63, 3.8) is 0 Å². The van der Waals surface area contributed by atoms with Crippen LogP contribution in [0.15, 0.2) is 0 Å². The van der Waals surface area contributed by atoms with Gasteiger partial charge in [-0.3, -0.25) is 9.20 Å². The normalized spacial score (nSPS) is 16.6. The molecule has 16 heavy (non-hydrogen) atoms. The van der Waals surface area contributed by atoms with Gasteiger partial charge < -0.3 is 4.90 Å². The molecule has 84 valence electrons. The minimum atomic E-state index is 0.719. The van der Waals surface area contributed by atoms with Crippen molar-refractivity contribution in [2.24, 2.45) is 0 Å². The van der Waals surface area contributed by atoms with E-state index >= 15 is 0 Å². The molecule has 1 aliphatic rings. The molecule has 2 aromatic rings. The molecule has 0 unspecified atom stereocenters. The van der Waals surface area contributed by atoms with E-state index in [1.54, 1.807) is 11.3 Å². The summed E-state index contributed by atoms with van der Waals surface area (Å²) in [5.74, 6) is 0. The second-order valence-corrected chi connectivity index (χ2v) is 5.34. The van der Waals surface area contributed by atoms with Crippen molar-refractivity contribution in [1.29, 1.82) is 0 Å². The first-order valence-corrected chi connectivity index (χ1v) is 6.15. The van der Waals surface area contributed by atoms with Gasteiger partial charge in [0.05, 0.1) is 5.69 Å². The van der Waals surface area contributed by atoms with E-state index in [1.807, 2.05) is 11.3 Å². The Kier molecular flexibility index (Phi) is 2.12. The fraction of sp³-hybridized carbons (Fsp3) is 0.455. The maximum atomic E-state index is 11.1. The summed E-state index contributed by atoms with van der Waals surface area (Å²) in [4.78, 5) is 20.1. The Morgan fingerprint density at radius 2 is 2.31 bits per heavy atom. The van der Waals surface area contributed by atoms with Gasteiger partial charge in [-0.05, 0) is 14.0 Å². The van der Waals surface area contributed by atoms with E-state index in [0.717, 1.165) is 42.1 Å². The van der Waals surface area contributed by atoms with Crippen LogP contribution in [-0.2, 0) is 13.0 Å². The first-order valence-electron chi connectivity index (χ1n) is 5.34. The quantitative estimate of drug-likeness (QED) is 0.703. The van der Waals surface area contributed by atoms with Gasteiger partial charge in [0.25, 0.3) is 0 Å². The van der Waals surface area contributed by atoms with Crippen molar-refractivity contribution >= 4 is 22.6 Å². The summed E-state index contributed by atoms with van der Waals surface area (Å²) in [5.41, 5.74) is 2.83. The molecular formula is C11H13N3OS. The topological polar surface area (TPSA) is 37.6 Å². The molecule has 0 saturated heterocycles. The highest BCUT2D eigenvalue weighted by molar-refractivity contribution is 7.17. The van der Waals surface area contributed by atoms with Gasteiger partial charge in [0.15, 0.2) is 11.2 Å². The van der Waals surface area contributed by atoms with Crippen molar-refractivity contribution in [3.8, 4) is 0 Å². The van der Waals surface area contributed by atoms with E-state index in [2.05, 4.69) is 16.9 Å². The summed E-state index contributed by atoms with van der Waals surface area (Å²) in [6.07, 6.45) is 1.92. The minimum absolute atomic E-state index is 0.719. The molecular weight excluding hydrogens is 222 g/mol. The molecule has 0 aromatic carbocycles. The van der Waals surface area contributed by atoms with E-state index in [1.165, 1.54) is 10.6 Å². The highest BCUT2D eigenvalue weighted by Gasteiger charge is 2.22. The lowest BCUT2D eigenvalue weighted by Gasteiger charge is -2.21. The van der Waals surface area contributed by atoms with Crippen molar-refractivity contribution in [2.45, 2.75) is 19.9 Å². The molecule has 3 rings (SSSR count). The van der Waals surface area contributed by atoms with Gasteiger partial charge in [-0.1, -0.05) is 11.3 Å². The second-order valence-electron chi connectivity index (χ2n) is 4.28. The number of aromatic nitrogens is 2. The van der Waals surface area contributed by atoms with Gasteiger partial charge in [-0.25, -0.2) is 4.98 Å². The lowest BCUT2D eigenvalue weighted by atomic mass is 10.2. The first kappa shape index (κ1) is 9.99. The van der Waals surface area contributed by atoms with Crippen molar-refractivity contribution < 1.29 is 4.79 Å². The van der Waals surface area contributed by atoms with Crippen molar-refractivity contribution in [2.75, 3.05) is 13.6 Å². The number of hydrogen-bond acceptors (Lipinski definition) is 4. The Balaban J connectivity index is 2.28. The number of thiazole rings is 1. The standard InChI is InChI=1S/C11H13N3OS/c1-7-9(6-15)14-8-3-4-13(2)5-10(8)16-11(14)12-7/h6H,3-5H2,1-2H3. The van der Waals surface area contributed by atoms with Gasteiger partial charge in [0.2, 0.25) is 0 Å². The molecule has 0 radical (unpaired) electrons. The van der Waals surface area contributed by atoms with E-state index in [9.17, 15) is 4.79 Å². The number of carbonyl (C=O) groups is 1. The summed E-state index contributed by atoms with van der Waals surface area (Å²) in [6.45, 7) is 3.92. The molecule has 0 fully saturated rings. The summed E-state index contributed by atoms with van der Waals surface area (Å²) in [6, 6.07) is 0. The third kappa shape index (κ3) is 1.25. The maximum absolute atomic E-state index is 11.1. The van der Waals surface area contributed by atoms with E-state index < -0.39 is 0 Å². The van der Waals surface area contributed by atoms with Crippen LogP contribution in [0.5, 0.6) is 0 Å². The zero-order valence-electron chi connectivity index (χ0n) is 9.36. The van der Waals surface area contributed by atoms with Crippen LogP contribution in [0.1, 0.15) is 26.8 Å². The molecule has 2 aromatic heterocycles. The number of hydrogen-bond donors (Lipinski definition) is 0. The number of aldehydes is 1. The smallest absolute Gasteiger partial charge is 0.195 e. The molecule has 0 aliphatic carbocycles. The number of carbonyl (C=O) groups excluding carboxylic acids is 1. The fourth-order valence-corrected chi connectivity index (χ4v) is 3.57. The molecule has 0 atom stereocenters. The summed E-state index contributed by atoms with van der Waals surface area (Å²) < 4.78 is 2.04. The van der Waals surface area contributed by atoms with Crippen molar-refractivity contribution in [1.82, 2.24) is 14.3 Å². The average molecular weight is 235 g/mol. The van der Waals surface area contributed by atoms with Crippen LogP contribution < -0.4 is 0 Å². The predicted octanol–water partition coefficient (Wildman–Crippen LogP) is 1.50. The van der Waals surface area contributed by atoms with E-state index in [-0.39, 0.29) is 0 Å². The Labute approximate surface area is 97.5 Å². The van der Waals surface area contributed by atoms with Crippen LogP contribution >= 0.6 is 11.3 Å². The second kappa shape index (κ2) is 3.40. The Bertz CT molecular complexity index is 569. The Morgan fingerprint density at radius 1 is 1.50 bits per heavy atom. The predicted molar refractivity (Wildman–Crippen MR) is 63.2 cm³/mol. The lowest BCUT2D eigenvalue weighted by molar-refractivity contribution is 0.111. The SMILES string of the molecule is Cc1nc2sc3c(n2c1C=O)CCN(C)C3. The maximum Gasteiger partial charge on any atom is 0.195 e. The molecule has 4 nitrogen and oxygen atoms in total. The summed E-state index contributed by atoms with van der Waals surface area (Å²) in [7, 11) is 2.12. The Hall–Kier alpha value is -1.20. The number of nitrogens with zero attached hydrogens (tertiary/aromatic N) is 3. The Morgan fingerprint density at radius 3 is 3.06 bits per heavy atom. The van der Waals surface area contributed by atoms with Crippen LogP contribution in [0.3, 0.4) is 0 Å². The van der Waals surface area contributed by atoms with Gasteiger partial charge in [0.1, 0.15) is 5.69 Å². The molecule has 0 spiro atoms.